The summed E-state index contributed by atoms with van der Waals surface area (Å²) in [5.74, 6) is 1.01. The molecule has 2 heterocycles. The molecule has 2 N–H and O–H groups in total. The minimum atomic E-state index is 0.381. The molecule has 0 spiro atoms. The summed E-state index contributed by atoms with van der Waals surface area (Å²) in [5.41, 5.74) is 7.80. The first-order chi connectivity index (χ1) is 8.04. The summed E-state index contributed by atoms with van der Waals surface area (Å²) in [6, 6.07) is 3.50. The second-order valence-corrected chi connectivity index (χ2v) is 4.04. The summed E-state index contributed by atoms with van der Waals surface area (Å²) in [4.78, 5) is 4.27. The molecule has 0 aliphatic carbocycles. The highest BCUT2D eigenvalue weighted by atomic mass is 35.5. The molecular formula is C11H13ClN4O. The van der Waals surface area contributed by atoms with Gasteiger partial charge in [-0.15, -0.1) is 0 Å². The van der Waals surface area contributed by atoms with Gasteiger partial charge in [0.05, 0.1) is 29.2 Å². The van der Waals surface area contributed by atoms with E-state index in [9.17, 15) is 0 Å². The molecule has 5 nitrogen and oxygen atoms in total. The molecule has 0 aromatic carbocycles. The fourth-order valence-electron chi connectivity index (χ4n) is 1.57. The molecule has 0 amide bonds. The van der Waals surface area contributed by atoms with Crippen LogP contribution < -0.4 is 10.5 Å². The maximum atomic E-state index is 6.09. The molecule has 2 aromatic rings. The lowest BCUT2D eigenvalue weighted by Crippen LogP contribution is -2.04. The van der Waals surface area contributed by atoms with Gasteiger partial charge in [-0.25, -0.2) is 4.68 Å². The van der Waals surface area contributed by atoms with Crippen LogP contribution in [0.1, 0.15) is 11.4 Å². The number of nitrogen functional groups attached to an aromatic ring is 1. The van der Waals surface area contributed by atoms with Crippen LogP contribution in [-0.2, 0) is 0 Å². The first-order valence-corrected chi connectivity index (χ1v) is 5.45. The molecule has 17 heavy (non-hydrogen) atoms. The number of rotatable bonds is 2. The van der Waals surface area contributed by atoms with Gasteiger partial charge < -0.3 is 10.5 Å². The highest BCUT2D eigenvalue weighted by Crippen LogP contribution is 2.24. The van der Waals surface area contributed by atoms with E-state index in [1.54, 1.807) is 16.8 Å². The standard InChI is InChI=1S/C11H13ClN4O/c1-6-10(12)7(2)16(15-6)9-5-4-8(13)11(14-9)17-3/h4-5H,13H2,1-3H3. The van der Waals surface area contributed by atoms with Crippen molar-refractivity contribution in [2.75, 3.05) is 12.8 Å². The normalized spacial score (nSPS) is 10.6. The SMILES string of the molecule is COc1nc(-n2nc(C)c(Cl)c2C)ccc1N. The molecule has 0 atom stereocenters. The molecule has 0 unspecified atom stereocenters. The van der Waals surface area contributed by atoms with Crippen molar-refractivity contribution >= 4 is 17.3 Å². The zero-order chi connectivity index (χ0) is 12.6. The van der Waals surface area contributed by atoms with Crippen molar-refractivity contribution in [1.29, 1.82) is 0 Å². The summed E-state index contributed by atoms with van der Waals surface area (Å²) in [5, 5.41) is 4.95. The number of anilines is 1. The largest absolute Gasteiger partial charge is 0.479 e. The molecule has 0 radical (unpaired) electrons. The summed E-state index contributed by atoms with van der Waals surface area (Å²) in [6.07, 6.45) is 0. The van der Waals surface area contributed by atoms with Gasteiger partial charge in [0, 0.05) is 0 Å². The predicted octanol–water partition coefficient (Wildman–Crippen LogP) is 2.13. The number of aryl methyl sites for hydroxylation is 1. The van der Waals surface area contributed by atoms with Gasteiger partial charge in [0.1, 0.15) is 0 Å². The fourth-order valence-corrected chi connectivity index (χ4v) is 1.69. The quantitative estimate of drug-likeness (QED) is 0.889. The van der Waals surface area contributed by atoms with E-state index in [1.165, 1.54) is 7.11 Å². The lowest BCUT2D eigenvalue weighted by molar-refractivity contribution is 0.399. The molecule has 0 bridgehead atoms. The van der Waals surface area contributed by atoms with Crippen molar-refractivity contribution in [1.82, 2.24) is 14.8 Å². The van der Waals surface area contributed by atoms with Crippen molar-refractivity contribution in [3.8, 4) is 11.7 Å². The summed E-state index contributed by atoms with van der Waals surface area (Å²) in [7, 11) is 1.52. The molecule has 0 saturated carbocycles. The van der Waals surface area contributed by atoms with Crippen molar-refractivity contribution in [3.05, 3.63) is 28.5 Å². The van der Waals surface area contributed by atoms with E-state index in [1.807, 2.05) is 13.8 Å². The van der Waals surface area contributed by atoms with Crippen LogP contribution in [0.4, 0.5) is 5.69 Å². The van der Waals surface area contributed by atoms with Gasteiger partial charge in [0.15, 0.2) is 5.82 Å². The second kappa shape index (κ2) is 4.25. The van der Waals surface area contributed by atoms with Gasteiger partial charge in [-0.2, -0.15) is 10.1 Å². The molecule has 2 rings (SSSR count). The van der Waals surface area contributed by atoms with Crippen molar-refractivity contribution in [2.24, 2.45) is 0 Å². The number of halogens is 1. The highest BCUT2D eigenvalue weighted by molar-refractivity contribution is 6.31. The Balaban J connectivity index is 2.57. The predicted molar refractivity (Wildman–Crippen MR) is 66.8 cm³/mol. The van der Waals surface area contributed by atoms with Crippen molar-refractivity contribution in [2.45, 2.75) is 13.8 Å². The lowest BCUT2D eigenvalue weighted by Gasteiger charge is -2.07. The highest BCUT2D eigenvalue weighted by Gasteiger charge is 2.12. The minimum Gasteiger partial charge on any atom is -0.479 e. The van der Waals surface area contributed by atoms with E-state index in [0.29, 0.717) is 22.4 Å². The average molecular weight is 253 g/mol. The van der Waals surface area contributed by atoms with E-state index >= 15 is 0 Å². The molecule has 90 valence electrons. The van der Waals surface area contributed by atoms with Gasteiger partial charge in [0.25, 0.3) is 0 Å². The maximum absolute atomic E-state index is 6.09. The number of hydrogen-bond donors (Lipinski definition) is 1. The van der Waals surface area contributed by atoms with Crippen molar-refractivity contribution < 1.29 is 4.74 Å². The first kappa shape index (κ1) is 11.7. The maximum Gasteiger partial charge on any atom is 0.238 e. The zero-order valence-corrected chi connectivity index (χ0v) is 10.6. The third-order valence-corrected chi connectivity index (χ3v) is 3.04. The fraction of sp³-hybridized carbons (Fsp3) is 0.273. The van der Waals surface area contributed by atoms with Gasteiger partial charge in [-0.05, 0) is 26.0 Å². The van der Waals surface area contributed by atoms with Crippen LogP contribution in [0.3, 0.4) is 0 Å². The molecule has 0 saturated heterocycles. The number of ether oxygens (including phenoxy) is 1. The van der Waals surface area contributed by atoms with E-state index in [0.717, 1.165) is 11.4 Å². The minimum absolute atomic E-state index is 0.381. The number of aromatic nitrogens is 3. The van der Waals surface area contributed by atoms with Crippen LogP contribution >= 0.6 is 11.6 Å². The molecular weight excluding hydrogens is 240 g/mol. The van der Waals surface area contributed by atoms with Gasteiger partial charge in [0.2, 0.25) is 5.88 Å². The van der Waals surface area contributed by atoms with E-state index in [4.69, 9.17) is 22.1 Å². The Kier molecular flexibility index (Phi) is 2.93. The summed E-state index contributed by atoms with van der Waals surface area (Å²) in [6.45, 7) is 3.73. The number of pyridine rings is 1. The smallest absolute Gasteiger partial charge is 0.238 e. The van der Waals surface area contributed by atoms with Gasteiger partial charge >= 0.3 is 0 Å². The number of nitrogens with two attached hydrogens (primary N) is 1. The van der Waals surface area contributed by atoms with Crippen LogP contribution in [0.5, 0.6) is 5.88 Å². The van der Waals surface area contributed by atoms with Gasteiger partial charge in [-0.1, -0.05) is 11.6 Å². The van der Waals surface area contributed by atoms with E-state index in [2.05, 4.69) is 10.1 Å². The van der Waals surface area contributed by atoms with E-state index in [-0.39, 0.29) is 0 Å². The number of hydrogen-bond acceptors (Lipinski definition) is 4. The first-order valence-electron chi connectivity index (χ1n) is 5.07. The molecule has 6 heteroatoms. The Bertz CT molecular complexity index is 565. The molecule has 2 aromatic heterocycles. The Morgan fingerprint density at radius 1 is 1.35 bits per heavy atom. The third kappa shape index (κ3) is 1.93. The summed E-state index contributed by atoms with van der Waals surface area (Å²) >= 11 is 6.09. The zero-order valence-electron chi connectivity index (χ0n) is 9.86. The molecule has 0 fully saturated rings. The summed E-state index contributed by atoms with van der Waals surface area (Å²) < 4.78 is 6.74. The number of nitrogens with zero attached hydrogens (tertiary/aromatic N) is 3. The van der Waals surface area contributed by atoms with Crippen molar-refractivity contribution in [3.63, 3.8) is 0 Å². The van der Waals surface area contributed by atoms with Crippen LogP contribution in [-0.4, -0.2) is 21.9 Å². The second-order valence-electron chi connectivity index (χ2n) is 3.66. The van der Waals surface area contributed by atoms with Gasteiger partial charge in [-0.3, -0.25) is 0 Å². The number of methoxy groups -OCH3 is 1. The Labute approximate surface area is 104 Å². The average Bonchev–Trinajstić information content (AvgIpc) is 2.58. The monoisotopic (exact) mass is 252 g/mol. The van der Waals surface area contributed by atoms with Crippen LogP contribution in [0.15, 0.2) is 12.1 Å². The van der Waals surface area contributed by atoms with Crippen LogP contribution in [0.25, 0.3) is 5.82 Å². The Morgan fingerprint density at radius 2 is 2.06 bits per heavy atom. The Hall–Kier alpha value is -1.75. The van der Waals surface area contributed by atoms with Crippen LogP contribution in [0, 0.1) is 13.8 Å². The van der Waals surface area contributed by atoms with Crippen LogP contribution in [0.2, 0.25) is 5.02 Å². The lowest BCUT2D eigenvalue weighted by atomic mass is 10.3. The third-order valence-electron chi connectivity index (χ3n) is 2.49. The Morgan fingerprint density at radius 3 is 2.59 bits per heavy atom. The van der Waals surface area contributed by atoms with E-state index < -0.39 is 0 Å². The molecule has 0 aliphatic rings. The molecule has 0 aliphatic heterocycles. The topological polar surface area (TPSA) is 66.0 Å².